The summed E-state index contributed by atoms with van der Waals surface area (Å²) in [7, 11) is 0. The number of hydrogen-bond acceptors (Lipinski definition) is 5. The maximum absolute atomic E-state index is 11.7. The third kappa shape index (κ3) is 2.63. The van der Waals surface area contributed by atoms with Gasteiger partial charge in [-0.1, -0.05) is 0 Å². The Labute approximate surface area is 114 Å². The minimum absolute atomic E-state index is 0.0612. The molecule has 0 spiro atoms. The van der Waals surface area contributed by atoms with E-state index in [-0.39, 0.29) is 6.42 Å². The number of rotatable bonds is 5. The third-order valence-electron chi connectivity index (χ3n) is 2.70. The van der Waals surface area contributed by atoms with Gasteiger partial charge in [0.05, 0.1) is 13.0 Å². The zero-order valence-electron chi connectivity index (χ0n) is 9.96. The molecular formula is C13H14O3S2. The fourth-order valence-electron chi connectivity index (χ4n) is 1.79. The van der Waals surface area contributed by atoms with Crippen molar-refractivity contribution < 1.29 is 14.6 Å². The number of ether oxygens (including phenoxy) is 1. The molecule has 2 rings (SSSR count). The number of carbonyl (C=O) groups excluding carboxylic acids is 1. The van der Waals surface area contributed by atoms with Gasteiger partial charge >= 0.3 is 5.97 Å². The Bertz CT molecular complexity index is 454. The normalized spacial score (nSPS) is 11.4. The van der Waals surface area contributed by atoms with Crippen LogP contribution in [0.4, 0.5) is 0 Å². The summed E-state index contributed by atoms with van der Waals surface area (Å²) in [4.78, 5) is 11.7. The van der Waals surface area contributed by atoms with Gasteiger partial charge in [-0.15, -0.1) is 0 Å². The van der Waals surface area contributed by atoms with Crippen molar-refractivity contribution in [1.29, 1.82) is 0 Å². The third-order valence-corrected chi connectivity index (χ3v) is 4.07. The first-order valence-electron chi connectivity index (χ1n) is 5.60. The van der Waals surface area contributed by atoms with Crippen LogP contribution < -0.4 is 0 Å². The lowest BCUT2D eigenvalue weighted by atomic mass is 9.87. The zero-order chi connectivity index (χ0) is 13.0. The number of aliphatic hydroxyl groups is 1. The maximum Gasteiger partial charge on any atom is 0.309 e. The molecule has 0 amide bonds. The van der Waals surface area contributed by atoms with Crippen molar-refractivity contribution in [3.63, 3.8) is 0 Å². The number of hydrogen-bond donors (Lipinski definition) is 1. The molecule has 0 aliphatic rings. The molecule has 2 aromatic rings. The standard InChI is InChI=1S/C13H14O3S2/c1-2-16-12(14)7-13(15,10-3-5-17-8-10)11-4-6-18-9-11/h3-6,8-9,15H,2,7H2,1H3. The minimum atomic E-state index is -1.29. The molecule has 18 heavy (non-hydrogen) atoms. The van der Waals surface area contributed by atoms with Crippen LogP contribution in [0.2, 0.25) is 0 Å². The van der Waals surface area contributed by atoms with Gasteiger partial charge in [0.25, 0.3) is 0 Å². The molecule has 3 nitrogen and oxygen atoms in total. The molecule has 96 valence electrons. The van der Waals surface area contributed by atoms with Gasteiger partial charge in [0.1, 0.15) is 5.60 Å². The van der Waals surface area contributed by atoms with E-state index in [1.807, 2.05) is 33.7 Å². The first-order chi connectivity index (χ1) is 8.66. The van der Waals surface area contributed by atoms with Crippen LogP contribution in [0.1, 0.15) is 24.5 Å². The molecule has 5 heteroatoms. The van der Waals surface area contributed by atoms with E-state index in [1.54, 1.807) is 6.92 Å². The number of carbonyl (C=O) groups is 1. The highest BCUT2D eigenvalue weighted by atomic mass is 32.1. The molecule has 0 saturated carbocycles. The van der Waals surface area contributed by atoms with Crippen LogP contribution in [-0.2, 0) is 15.1 Å². The van der Waals surface area contributed by atoms with Gasteiger partial charge in [0.15, 0.2) is 0 Å². The van der Waals surface area contributed by atoms with Crippen molar-refractivity contribution >= 4 is 28.6 Å². The van der Waals surface area contributed by atoms with Gasteiger partial charge < -0.3 is 9.84 Å². The Kier molecular flexibility index (Phi) is 4.16. The van der Waals surface area contributed by atoms with E-state index < -0.39 is 11.6 Å². The summed E-state index contributed by atoms with van der Waals surface area (Å²) in [6, 6.07) is 3.67. The summed E-state index contributed by atoms with van der Waals surface area (Å²) < 4.78 is 4.94. The smallest absolute Gasteiger partial charge is 0.309 e. The predicted molar refractivity (Wildman–Crippen MR) is 72.9 cm³/mol. The molecule has 2 aromatic heterocycles. The second-order valence-electron chi connectivity index (χ2n) is 3.87. The van der Waals surface area contributed by atoms with Crippen molar-refractivity contribution in [2.24, 2.45) is 0 Å². The van der Waals surface area contributed by atoms with Crippen LogP contribution >= 0.6 is 22.7 Å². The minimum Gasteiger partial charge on any atom is -0.466 e. The van der Waals surface area contributed by atoms with Crippen molar-refractivity contribution in [2.75, 3.05) is 6.61 Å². The Balaban J connectivity index is 2.32. The van der Waals surface area contributed by atoms with E-state index in [4.69, 9.17) is 4.74 Å². The van der Waals surface area contributed by atoms with Gasteiger partial charge in [-0.25, -0.2) is 0 Å². The van der Waals surface area contributed by atoms with Gasteiger partial charge in [-0.2, -0.15) is 22.7 Å². The molecule has 0 atom stereocenters. The molecule has 0 aromatic carbocycles. The number of thiophene rings is 2. The predicted octanol–water partition coefficient (Wildman–Crippen LogP) is 3.00. The maximum atomic E-state index is 11.7. The highest BCUT2D eigenvalue weighted by Crippen LogP contribution is 2.35. The van der Waals surface area contributed by atoms with Crippen LogP contribution in [0.25, 0.3) is 0 Å². The Morgan fingerprint density at radius 2 is 1.83 bits per heavy atom. The molecule has 0 aliphatic heterocycles. The molecule has 0 aliphatic carbocycles. The van der Waals surface area contributed by atoms with E-state index in [1.165, 1.54) is 22.7 Å². The number of esters is 1. The topological polar surface area (TPSA) is 46.5 Å². The van der Waals surface area contributed by atoms with Crippen molar-refractivity contribution in [1.82, 2.24) is 0 Å². The summed E-state index contributed by atoms with van der Waals surface area (Å²) in [5, 5.41) is 18.3. The fourth-order valence-corrected chi connectivity index (χ4v) is 3.24. The summed E-state index contributed by atoms with van der Waals surface area (Å²) in [6.45, 7) is 2.08. The van der Waals surface area contributed by atoms with Crippen molar-refractivity contribution in [2.45, 2.75) is 18.9 Å². The average Bonchev–Trinajstić information content (AvgIpc) is 3.03. The summed E-state index contributed by atoms with van der Waals surface area (Å²) in [5.74, 6) is -0.391. The lowest BCUT2D eigenvalue weighted by Crippen LogP contribution is -2.30. The van der Waals surface area contributed by atoms with Gasteiger partial charge in [-0.3, -0.25) is 4.79 Å². The second-order valence-corrected chi connectivity index (χ2v) is 5.43. The van der Waals surface area contributed by atoms with Crippen LogP contribution in [0, 0.1) is 0 Å². The molecular weight excluding hydrogens is 268 g/mol. The summed E-state index contributed by atoms with van der Waals surface area (Å²) >= 11 is 2.99. The van der Waals surface area contributed by atoms with E-state index in [0.717, 1.165) is 11.1 Å². The van der Waals surface area contributed by atoms with Crippen LogP contribution in [-0.4, -0.2) is 17.7 Å². The van der Waals surface area contributed by atoms with E-state index in [0.29, 0.717) is 6.61 Å². The van der Waals surface area contributed by atoms with E-state index in [9.17, 15) is 9.90 Å². The monoisotopic (exact) mass is 282 g/mol. The average molecular weight is 282 g/mol. The zero-order valence-corrected chi connectivity index (χ0v) is 11.6. The molecule has 0 fully saturated rings. The lowest BCUT2D eigenvalue weighted by Gasteiger charge is -2.25. The first kappa shape index (κ1) is 13.3. The summed E-state index contributed by atoms with van der Waals surface area (Å²) in [5.41, 5.74) is 0.185. The van der Waals surface area contributed by atoms with E-state index >= 15 is 0 Å². The highest BCUT2D eigenvalue weighted by Gasteiger charge is 2.35. The van der Waals surface area contributed by atoms with Crippen LogP contribution in [0.15, 0.2) is 33.7 Å². The molecule has 0 saturated heterocycles. The molecule has 0 radical (unpaired) electrons. The lowest BCUT2D eigenvalue weighted by molar-refractivity contribution is -0.147. The molecule has 2 heterocycles. The van der Waals surface area contributed by atoms with E-state index in [2.05, 4.69) is 0 Å². The van der Waals surface area contributed by atoms with Crippen LogP contribution in [0.5, 0.6) is 0 Å². The Morgan fingerprint density at radius 1 is 1.28 bits per heavy atom. The van der Waals surface area contributed by atoms with Gasteiger partial charge in [0, 0.05) is 0 Å². The second kappa shape index (κ2) is 5.65. The molecule has 0 bridgehead atoms. The fraction of sp³-hybridized carbons (Fsp3) is 0.308. The van der Waals surface area contributed by atoms with Crippen molar-refractivity contribution in [3.05, 3.63) is 44.8 Å². The SMILES string of the molecule is CCOC(=O)CC(O)(c1ccsc1)c1ccsc1. The molecule has 1 N–H and O–H groups in total. The van der Waals surface area contributed by atoms with Gasteiger partial charge in [0.2, 0.25) is 0 Å². The highest BCUT2D eigenvalue weighted by molar-refractivity contribution is 7.08. The quantitative estimate of drug-likeness (QED) is 0.858. The Hall–Kier alpha value is -1.17. The summed E-state index contributed by atoms with van der Waals surface area (Å²) in [6.07, 6.45) is -0.0612. The van der Waals surface area contributed by atoms with Crippen molar-refractivity contribution in [3.8, 4) is 0 Å². The Morgan fingerprint density at radius 3 is 2.22 bits per heavy atom. The largest absolute Gasteiger partial charge is 0.466 e. The van der Waals surface area contributed by atoms with Crippen LogP contribution in [0.3, 0.4) is 0 Å². The van der Waals surface area contributed by atoms with Gasteiger partial charge in [-0.05, 0) is 51.7 Å². The molecule has 0 unspecified atom stereocenters. The first-order valence-corrected chi connectivity index (χ1v) is 7.48.